The molecule has 2 rings (SSSR count). The van der Waals surface area contributed by atoms with Crippen molar-refractivity contribution < 1.29 is 14.3 Å². The van der Waals surface area contributed by atoms with Gasteiger partial charge in [-0.3, -0.25) is 9.59 Å². The molecule has 1 atom stereocenters. The van der Waals surface area contributed by atoms with Gasteiger partial charge in [-0.15, -0.1) is 11.8 Å². The topological polar surface area (TPSA) is 43.4 Å². The summed E-state index contributed by atoms with van der Waals surface area (Å²) < 4.78 is 4.61. The molecule has 1 aliphatic rings. The number of thioether (sulfide) groups is 1. The molecule has 0 amide bonds. The fourth-order valence-corrected chi connectivity index (χ4v) is 5.01. The highest BCUT2D eigenvalue weighted by Gasteiger charge is 2.43. The van der Waals surface area contributed by atoms with Crippen molar-refractivity contribution >= 4 is 23.5 Å². The summed E-state index contributed by atoms with van der Waals surface area (Å²) in [6.45, 7) is 4.17. The number of Topliss-reactive ketones (excluding diaryl/α,β-unsaturated/α-hetero) is 1. The predicted molar refractivity (Wildman–Crippen MR) is 99.5 cm³/mol. The first-order valence-electron chi connectivity index (χ1n) is 9.04. The third-order valence-electron chi connectivity index (χ3n) is 4.70. The van der Waals surface area contributed by atoms with Gasteiger partial charge in [-0.25, -0.2) is 0 Å². The average molecular weight is 349 g/mol. The van der Waals surface area contributed by atoms with Crippen LogP contribution in [0.3, 0.4) is 0 Å². The molecule has 0 heterocycles. The Hall–Kier alpha value is -1.29. The molecule has 24 heavy (non-hydrogen) atoms. The summed E-state index contributed by atoms with van der Waals surface area (Å²) >= 11 is 1.69. The molecule has 132 valence electrons. The second-order valence-electron chi connectivity index (χ2n) is 6.41. The lowest BCUT2D eigenvalue weighted by molar-refractivity contribution is -0.146. The van der Waals surface area contributed by atoms with E-state index in [4.69, 9.17) is 4.74 Å². The van der Waals surface area contributed by atoms with Crippen LogP contribution in [-0.2, 0) is 9.53 Å². The molecule has 1 saturated carbocycles. The normalized spacial score (nSPS) is 17.9. The average Bonchev–Trinajstić information content (AvgIpc) is 2.62. The fourth-order valence-electron chi connectivity index (χ4n) is 3.26. The molecule has 0 aliphatic heterocycles. The second kappa shape index (κ2) is 9.26. The maximum absolute atomic E-state index is 12.7. The van der Waals surface area contributed by atoms with Crippen LogP contribution in [0.5, 0.6) is 0 Å². The molecule has 0 aromatic heterocycles. The maximum atomic E-state index is 12.7. The molecule has 1 aromatic rings. The first-order valence-corrected chi connectivity index (χ1v) is 9.92. The Labute approximate surface area is 149 Å². The van der Waals surface area contributed by atoms with E-state index in [1.165, 1.54) is 19.3 Å². The monoisotopic (exact) mass is 348 g/mol. The molecular formula is C20H28O3S. The standard InChI is InChI=1S/C20H28O3S/c1-3-20(19(22)23-4-2,24-17-13-9-6-10-14-17)15-18(21)16-11-7-5-8-12-16/h5,7-8,11-12,17H,3-4,6,9-10,13-15H2,1-2H3. The Morgan fingerprint density at radius 1 is 1.12 bits per heavy atom. The minimum absolute atomic E-state index is 0.0220. The minimum Gasteiger partial charge on any atom is -0.465 e. The molecule has 0 N–H and O–H groups in total. The van der Waals surface area contributed by atoms with Gasteiger partial charge in [0.05, 0.1) is 6.61 Å². The van der Waals surface area contributed by atoms with Gasteiger partial charge in [0.25, 0.3) is 0 Å². The van der Waals surface area contributed by atoms with E-state index in [9.17, 15) is 9.59 Å². The quantitative estimate of drug-likeness (QED) is 0.488. The number of ether oxygens (including phenoxy) is 1. The Balaban J connectivity index is 2.19. The van der Waals surface area contributed by atoms with Gasteiger partial charge in [0.2, 0.25) is 0 Å². The fraction of sp³-hybridized carbons (Fsp3) is 0.600. The maximum Gasteiger partial charge on any atom is 0.322 e. The van der Waals surface area contributed by atoms with Gasteiger partial charge < -0.3 is 4.74 Å². The highest BCUT2D eigenvalue weighted by molar-refractivity contribution is 8.02. The Kier molecular flexibility index (Phi) is 7.35. The van der Waals surface area contributed by atoms with Crippen LogP contribution in [0.15, 0.2) is 30.3 Å². The van der Waals surface area contributed by atoms with Crippen molar-refractivity contribution in [2.24, 2.45) is 0 Å². The van der Waals surface area contributed by atoms with Gasteiger partial charge in [-0.2, -0.15) is 0 Å². The number of benzene rings is 1. The number of carbonyl (C=O) groups excluding carboxylic acids is 2. The van der Waals surface area contributed by atoms with E-state index >= 15 is 0 Å². The van der Waals surface area contributed by atoms with E-state index in [0.29, 0.717) is 23.8 Å². The van der Waals surface area contributed by atoms with Crippen molar-refractivity contribution in [3.05, 3.63) is 35.9 Å². The third kappa shape index (κ3) is 4.85. The van der Waals surface area contributed by atoms with Crippen LogP contribution in [0, 0.1) is 0 Å². The van der Waals surface area contributed by atoms with Crippen molar-refractivity contribution in [1.82, 2.24) is 0 Å². The zero-order chi connectivity index (χ0) is 17.4. The van der Waals surface area contributed by atoms with Gasteiger partial charge in [-0.05, 0) is 26.2 Å². The van der Waals surface area contributed by atoms with Crippen molar-refractivity contribution in [2.75, 3.05) is 6.61 Å². The summed E-state index contributed by atoms with van der Waals surface area (Å²) in [7, 11) is 0. The molecule has 0 bridgehead atoms. The number of carbonyl (C=O) groups is 2. The number of hydrogen-bond donors (Lipinski definition) is 0. The highest BCUT2D eigenvalue weighted by Crippen LogP contribution is 2.42. The molecule has 3 nitrogen and oxygen atoms in total. The first-order chi connectivity index (χ1) is 11.6. The molecule has 1 unspecified atom stereocenters. The van der Waals surface area contributed by atoms with Crippen molar-refractivity contribution in [3.8, 4) is 0 Å². The van der Waals surface area contributed by atoms with E-state index < -0.39 is 4.75 Å². The number of esters is 1. The summed E-state index contributed by atoms with van der Waals surface area (Å²) in [6, 6.07) is 9.25. The Bertz CT molecular complexity index is 537. The zero-order valence-electron chi connectivity index (χ0n) is 14.8. The van der Waals surface area contributed by atoms with E-state index in [1.807, 2.05) is 44.2 Å². The highest BCUT2D eigenvalue weighted by atomic mass is 32.2. The summed E-state index contributed by atoms with van der Waals surface area (Å²) in [5.41, 5.74) is 0.670. The minimum atomic E-state index is -0.759. The lowest BCUT2D eigenvalue weighted by atomic mass is 9.95. The second-order valence-corrected chi connectivity index (χ2v) is 8.10. The Morgan fingerprint density at radius 3 is 2.38 bits per heavy atom. The van der Waals surface area contributed by atoms with Crippen LogP contribution in [0.25, 0.3) is 0 Å². The van der Waals surface area contributed by atoms with Crippen molar-refractivity contribution in [2.45, 2.75) is 68.8 Å². The predicted octanol–water partition coefficient (Wildman–Crippen LogP) is 5.04. The van der Waals surface area contributed by atoms with Crippen molar-refractivity contribution in [1.29, 1.82) is 0 Å². The molecule has 1 aliphatic carbocycles. The Morgan fingerprint density at radius 2 is 1.79 bits per heavy atom. The van der Waals surface area contributed by atoms with Crippen LogP contribution < -0.4 is 0 Å². The third-order valence-corrected chi connectivity index (χ3v) is 6.56. The lowest BCUT2D eigenvalue weighted by Gasteiger charge is -2.34. The van der Waals surface area contributed by atoms with Gasteiger partial charge in [-0.1, -0.05) is 56.5 Å². The van der Waals surface area contributed by atoms with E-state index in [1.54, 1.807) is 11.8 Å². The SMILES string of the molecule is CCOC(=O)C(CC)(CC(=O)c1ccccc1)SC1CCCCC1. The van der Waals surface area contributed by atoms with Crippen LogP contribution in [0.1, 0.15) is 69.2 Å². The summed E-state index contributed by atoms with van der Waals surface area (Å²) in [5, 5.41) is 0.451. The number of rotatable bonds is 8. The molecule has 0 radical (unpaired) electrons. The van der Waals surface area contributed by atoms with E-state index in [2.05, 4.69) is 0 Å². The van der Waals surface area contributed by atoms with Crippen LogP contribution >= 0.6 is 11.8 Å². The van der Waals surface area contributed by atoms with Crippen LogP contribution in [0.4, 0.5) is 0 Å². The van der Waals surface area contributed by atoms with Gasteiger partial charge in [0.1, 0.15) is 4.75 Å². The van der Waals surface area contributed by atoms with Gasteiger partial charge >= 0.3 is 5.97 Å². The first kappa shape index (κ1) is 19.0. The summed E-state index contributed by atoms with van der Waals surface area (Å²) in [4.78, 5) is 25.5. The van der Waals surface area contributed by atoms with Crippen molar-refractivity contribution in [3.63, 3.8) is 0 Å². The number of hydrogen-bond acceptors (Lipinski definition) is 4. The molecule has 1 aromatic carbocycles. The molecule has 0 saturated heterocycles. The smallest absolute Gasteiger partial charge is 0.322 e. The molecular weight excluding hydrogens is 320 g/mol. The molecule has 4 heteroatoms. The van der Waals surface area contributed by atoms with Gasteiger partial charge in [0.15, 0.2) is 5.78 Å². The summed E-state index contributed by atoms with van der Waals surface area (Å²) in [6.07, 6.45) is 6.80. The zero-order valence-corrected chi connectivity index (χ0v) is 15.6. The molecule has 1 fully saturated rings. The van der Waals surface area contributed by atoms with E-state index in [-0.39, 0.29) is 18.2 Å². The van der Waals surface area contributed by atoms with Gasteiger partial charge in [0, 0.05) is 17.2 Å². The molecule has 0 spiro atoms. The lowest BCUT2D eigenvalue weighted by Crippen LogP contribution is -2.40. The van der Waals surface area contributed by atoms with E-state index in [0.717, 1.165) is 12.8 Å². The van der Waals surface area contributed by atoms with Crippen LogP contribution in [0.2, 0.25) is 0 Å². The summed E-state index contributed by atoms with van der Waals surface area (Å²) in [5.74, 6) is -0.207. The number of ketones is 1. The van der Waals surface area contributed by atoms with Crippen LogP contribution in [-0.4, -0.2) is 28.4 Å². The largest absolute Gasteiger partial charge is 0.465 e.